The number of aliphatic hydroxyl groups excluding tert-OH is 2. The fourth-order valence-electron chi connectivity index (χ4n) is 2.18. The lowest BCUT2D eigenvalue weighted by Crippen LogP contribution is -2.29. The number of hydrogen-bond acceptors (Lipinski definition) is 6. The fraction of sp³-hybridized carbons (Fsp3) is 0.538. The Kier molecular flexibility index (Phi) is 4.53. The molecule has 0 aliphatic carbocycles. The Hall–Kier alpha value is -1.70. The van der Waals surface area contributed by atoms with E-state index >= 15 is 0 Å². The summed E-state index contributed by atoms with van der Waals surface area (Å²) in [5.74, 6) is 0.196. The van der Waals surface area contributed by atoms with Crippen LogP contribution in [0.15, 0.2) is 23.1 Å². The van der Waals surface area contributed by atoms with Crippen LogP contribution in [-0.4, -0.2) is 38.6 Å². The molecule has 1 fully saturated rings. The van der Waals surface area contributed by atoms with Gasteiger partial charge in [0.1, 0.15) is 18.1 Å². The third kappa shape index (κ3) is 2.90. The molecule has 0 bridgehead atoms. The van der Waals surface area contributed by atoms with Crippen LogP contribution in [0.1, 0.15) is 25.1 Å². The second-order valence-corrected chi connectivity index (χ2v) is 4.73. The van der Waals surface area contributed by atoms with E-state index in [4.69, 9.17) is 15.6 Å². The summed E-state index contributed by atoms with van der Waals surface area (Å²) in [6.45, 7) is 1.60. The Morgan fingerprint density at radius 3 is 3.00 bits per heavy atom. The van der Waals surface area contributed by atoms with Gasteiger partial charge in [-0.1, -0.05) is 12.2 Å². The maximum absolute atomic E-state index is 11.9. The minimum absolute atomic E-state index is 0.196. The van der Waals surface area contributed by atoms with Crippen molar-refractivity contribution in [3.63, 3.8) is 0 Å². The molecule has 1 saturated heterocycles. The molecule has 7 nitrogen and oxygen atoms in total. The first-order valence-corrected chi connectivity index (χ1v) is 6.50. The number of nitrogens with two attached hydrogens (primary N) is 1. The lowest BCUT2D eigenvalue weighted by Gasteiger charge is -2.15. The van der Waals surface area contributed by atoms with Gasteiger partial charge in [0, 0.05) is 18.2 Å². The lowest BCUT2D eigenvalue weighted by atomic mass is 10.2. The summed E-state index contributed by atoms with van der Waals surface area (Å²) in [5, 5.41) is 18.8. The second-order valence-electron chi connectivity index (χ2n) is 4.73. The van der Waals surface area contributed by atoms with E-state index < -0.39 is 24.1 Å². The van der Waals surface area contributed by atoms with Crippen molar-refractivity contribution in [1.82, 2.24) is 9.55 Å². The molecular weight excluding hydrogens is 262 g/mol. The van der Waals surface area contributed by atoms with Gasteiger partial charge in [-0.15, -0.1) is 0 Å². The molecule has 1 aromatic heterocycles. The first kappa shape index (κ1) is 14.7. The van der Waals surface area contributed by atoms with Gasteiger partial charge in [-0.05, 0) is 13.3 Å². The SMILES string of the molecule is C/C=C/Cc1cn([C@H]2C[C@H](O)[C@@H](CO)O2)c(=O)nc1N. The highest BCUT2D eigenvalue weighted by molar-refractivity contribution is 5.38. The number of anilines is 1. The summed E-state index contributed by atoms with van der Waals surface area (Å²) >= 11 is 0. The minimum Gasteiger partial charge on any atom is -0.394 e. The molecule has 4 N–H and O–H groups in total. The summed E-state index contributed by atoms with van der Waals surface area (Å²) in [6, 6.07) is 0. The van der Waals surface area contributed by atoms with Crippen LogP contribution in [0.25, 0.3) is 0 Å². The van der Waals surface area contributed by atoms with Crippen molar-refractivity contribution in [2.24, 2.45) is 0 Å². The van der Waals surface area contributed by atoms with Gasteiger partial charge in [-0.25, -0.2) is 4.79 Å². The van der Waals surface area contributed by atoms with E-state index in [2.05, 4.69) is 4.98 Å². The van der Waals surface area contributed by atoms with E-state index in [1.54, 1.807) is 6.20 Å². The first-order valence-electron chi connectivity index (χ1n) is 6.50. The van der Waals surface area contributed by atoms with Crippen LogP contribution in [-0.2, 0) is 11.2 Å². The molecule has 2 heterocycles. The highest BCUT2D eigenvalue weighted by atomic mass is 16.5. The average molecular weight is 281 g/mol. The number of aromatic nitrogens is 2. The maximum Gasteiger partial charge on any atom is 0.351 e. The van der Waals surface area contributed by atoms with Crippen LogP contribution in [0.3, 0.4) is 0 Å². The van der Waals surface area contributed by atoms with Crippen LogP contribution in [0.5, 0.6) is 0 Å². The quantitative estimate of drug-likeness (QED) is 0.647. The molecule has 0 aromatic carbocycles. The number of allylic oxidation sites excluding steroid dienone is 2. The van der Waals surface area contributed by atoms with E-state index in [-0.39, 0.29) is 18.8 Å². The van der Waals surface area contributed by atoms with Gasteiger partial charge < -0.3 is 20.7 Å². The third-order valence-corrected chi connectivity index (χ3v) is 3.33. The zero-order valence-corrected chi connectivity index (χ0v) is 11.3. The van der Waals surface area contributed by atoms with Gasteiger partial charge in [0.25, 0.3) is 0 Å². The molecule has 0 amide bonds. The van der Waals surface area contributed by atoms with Gasteiger partial charge in [0.05, 0.1) is 12.7 Å². The Morgan fingerprint density at radius 2 is 2.40 bits per heavy atom. The van der Waals surface area contributed by atoms with Crippen molar-refractivity contribution in [3.8, 4) is 0 Å². The standard InChI is InChI=1S/C13H19N3O4/c1-2-3-4-8-6-16(13(19)15-12(8)14)11-5-9(18)10(7-17)20-11/h2-3,6,9-11,17-18H,4-5,7H2,1H3,(H2,14,15,19)/b3-2+/t9-,10+,11+/m0/s1. The van der Waals surface area contributed by atoms with Gasteiger partial charge >= 0.3 is 5.69 Å². The normalized spacial score (nSPS) is 26.4. The molecule has 3 atom stereocenters. The molecule has 110 valence electrons. The number of ether oxygens (including phenoxy) is 1. The van der Waals surface area contributed by atoms with E-state index in [0.29, 0.717) is 12.0 Å². The van der Waals surface area contributed by atoms with Gasteiger partial charge in [0.15, 0.2) is 0 Å². The summed E-state index contributed by atoms with van der Waals surface area (Å²) < 4.78 is 6.77. The predicted molar refractivity (Wildman–Crippen MR) is 73.0 cm³/mol. The van der Waals surface area contributed by atoms with Crippen molar-refractivity contribution in [1.29, 1.82) is 0 Å². The summed E-state index contributed by atoms with van der Waals surface area (Å²) in [4.78, 5) is 15.7. The van der Waals surface area contributed by atoms with E-state index in [1.807, 2.05) is 19.1 Å². The van der Waals surface area contributed by atoms with Crippen molar-refractivity contribution in [2.75, 3.05) is 12.3 Å². The lowest BCUT2D eigenvalue weighted by molar-refractivity contribution is -0.0459. The Bertz CT molecular complexity index is 555. The molecule has 0 saturated carbocycles. The number of nitrogen functional groups attached to an aromatic ring is 1. The van der Waals surface area contributed by atoms with Gasteiger partial charge in [-0.2, -0.15) is 4.98 Å². The number of hydrogen-bond donors (Lipinski definition) is 3. The molecular formula is C13H19N3O4. The summed E-state index contributed by atoms with van der Waals surface area (Å²) in [5.41, 5.74) is 5.91. The smallest absolute Gasteiger partial charge is 0.351 e. The molecule has 1 aliphatic heterocycles. The summed E-state index contributed by atoms with van der Waals surface area (Å²) in [6.07, 6.45) is 4.08. The third-order valence-electron chi connectivity index (χ3n) is 3.33. The van der Waals surface area contributed by atoms with Crippen LogP contribution >= 0.6 is 0 Å². The fourth-order valence-corrected chi connectivity index (χ4v) is 2.18. The zero-order chi connectivity index (χ0) is 14.7. The van der Waals surface area contributed by atoms with Crippen LogP contribution in [0.2, 0.25) is 0 Å². The van der Waals surface area contributed by atoms with E-state index in [0.717, 1.165) is 0 Å². The van der Waals surface area contributed by atoms with Gasteiger partial charge in [0.2, 0.25) is 0 Å². The van der Waals surface area contributed by atoms with Crippen molar-refractivity contribution >= 4 is 5.82 Å². The number of aliphatic hydroxyl groups is 2. The zero-order valence-electron chi connectivity index (χ0n) is 11.3. The van der Waals surface area contributed by atoms with Crippen molar-refractivity contribution in [2.45, 2.75) is 38.2 Å². The van der Waals surface area contributed by atoms with Crippen LogP contribution in [0.4, 0.5) is 5.82 Å². The molecule has 2 rings (SSSR count). The maximum atomic E-state index is 11.9. The average Bonchev–Trinajstić information content (AvgIpc) is 2.79. The largest absolute Gasteiger partial charge is 0.394 e. The Labute approximate surface area is 116 Å². The molecule has 0 spiro atoms. The highest BCUT2D eigenvalue weighted by Gasteiger charge is 2.35. The second kappa shape index (κ2) is 6.17. The molecule has 20 heavy (non-hydrogen) atoms. The minimum atomic E-state index is -0.798. The van der Waals surface area contributed by atoms with Crippen molar-refractivity contribution < 1.29 is 14.9 Å². The van der Waals surface area contributed by atoms with Crippen LogP contribution < -0.4 is 11.4 Å². The monoisotopic (exact) mass is 281 g/mol. The topological polar surface area (TPSA) is 111 Å². The van der Waals surface area contributed by atoms with E-state index in [9.17, 15) is 9.90 Å². The number of nitrogens with zero attached hydrogens (tertiary/aromatic N) is 2. The van der Waals surface area contributed by atoms with Gasteiger partial charge in [-0.3, -0.25) is 4.57 Å². The Balaban J connectivity index is 2.30. The van der Waals surface area contributed by atoms with E-state index in [1.165, 1.54) is 4.57 Å². The highest BCUT2D eigenvalue weighted by Crippen LogP contribution is 2.27. The van der Waals surface area contributed by atoms with Crippen LogP contribution in [0, 0.1) is 0 Å². The summed E-state index contributed by atoms with van der Waals surface area (Å²) in [7, 11) is 0. The molecule has 1 aliphatic rings. The Morgan fingerprint density at radius 1 is 1.65 bits per heavy atom. The molecule has 1 aromatic rings. The molecule has 7 heteroatoms. The van der Waals surface area contributed by atoms with Crippen molar-refractivity contribution in [3.05, 3.63) is 34.4 Å². The molecule has 0 unspecified atom stereocenters. The first-order chi connectivity index (χ1) is 9.56. The number of rotatable bonds is 4. The predicted octanol–water partition coefficient (Wildman–Crippen LogP) is -0.415. The molecule has 0 radical (unpaired) electrons.